The Hall–Kier alpha value is -3.10. The molecule has 3 rings (SSSR count). The van der Waals surface area contributed by atoms with Crippen LogP contribution in [-0.4, -0.2) is 6.61 Å². The van der Waals surface area contributed by atoms with Gasteiger partial charge in [-0.15, -0.1) is 0 Å². The fourth-order valence-electron chi connectivity index (χ4n) is 2.72. The molecular weight excluding hydrogens is 433 g/mol. The van der Waals surface area contributed by atoms with E-state index < -0.39 is 0 Å². The highest BCUT2D eigenvalue weighted by Gasteiger charge is 2.08. The Bertz CT molecular complexity index is 1040. The lowest BCUT2D eigenvalue weighted by Crippen LogP contribution is -2.00. The molecule has 5 heteroatoms. The average Bonchev–Trinajstić information content (AvgIpc) is 2.73. The quantitative estimate of drug-likeness (QED) is 0.299. The lowest BCUT2D eigenvalue weighted by atomic mass is 10.0. The maximum absolute atomic E-state index is 13.0. The Labute approximate surface area is 178 Å². The summed E-state index contributed by atoms with van der Waals surface area (Å²) in [5.41, 5.74) is 3.09. The zero-order valence-corrected chi connectivity index (χ0v) is 17.4. The molecule has 0 saturated carbocycles. The van der Waals surface area contributed by atoms with E-state index in [4.69, 9.17) is 9.47 Å². The molecule has 0 heterocycles. The van der Waals surface area contributed by atoms with Gasteiger partial charge in [-0.2, -0.15) is 5.26 Å². The van der Waals surface area contributed by atoms with Gasteiger partial charge in [0.05, 0.1) is 18.2 Å². The summed E-state index contributed by atoms with van der Waals surface area (Å²) in [5, 5.41) is 9.55. The van der Waals surface area contributed by atoms with Crippen LogP contribution in [0.15, 0.2) is 71.2 Å². The van der Waals surface area contributed by atoms with Gasteiger partial charge in [-0.1, -0.05) is 46.3 Å². The number of ether oxygens (including phenoxy) is 2. The van der Waals surface area contributed by atoms with Gasteiger partial charge in [-0.05, 0) is 66.1 Å². The van der Waals surface area contributed by atoms with E-state index in [0.29, 0.717) is 30.3 Å². The number of halogens is 2. The van der Waals surface area contributed by atoms with Gasteiger partial charge in [0.1, 0.15) is 12.4 Å². The predicted molar refractivity (Wildman–Crippen MR) is 116 cm³/mol. The Kier molecular flexibility index (Phi) is 7.04. The van der Waals surface area contributed by atoms with Crippen molar-refractivity contribution in [1.29, 1.82) is 5.26 Å². The summed E-state index contributed by atoms with van der Waals surface area (Å²) >= 11 is 3.40. The first-order valence-electron chi connectivity index (χ1n) is 9.11. The van der Waals surface area contributed by atoms with Crippen LogP contribution in [0, 0.1) is 17.1 Å². The molecule has 0 aliphatic rings. The molecule has 0 unspecified atom stereocenters. The highest BCUT2D eigenvalue weighted by Crippen LogP contribution is 2.31. The van der Waals surface area contributed by atoms with Gasteiger partial charge < -0.3 is 9.47 Å². The van der Waals surface area contributed by atoms with Gasteiger partial charge >= 0.3 is 0 Å². The van der Waals surface area contributed by atoms with Crippen molar-refractivity contribution >= 4 is 27.6 Å². The van der Waals surface area contributed by atoms with E-state index in [1.807, 2.05) is 55.5 Å². The smallest absolute Gasteiger partial charge is 0.161 e. The lowest BCUT2D eigenvalue weighted by molar-refractivity contribution is 0.269. The number of hydrogen-bond donors (Lipinski definition) is 0. The number of allylic oxidation sites excluding steroid dienone is 1. The van der Waals surface area contributed by atoms with Crippen LogP contribution in [-0.2, 0) is 6.61 Å². The molecule has 0 N–H and O–H groups in total. The summed E-state index contributed by atoms with van der Waals surface area (Å²) in [4.78, 5) is 0. The maximum atomic E-state index is 13.0. The van der Waals surface area contributed by atoms with Crippen molar-refractivity contribution in [2.75, 3.05) is 6.61 Å². The van der Waals surface area contributed by atoms with E-state index >= 15 is 0 Å². The molecule has 0 aliphatic heterocycles. The second kappa shape index (κ2) is 9.90. The Morgan fingerprint density at radius 1 is 1.00 bits per heavy atom. The minimum absolute atomic E-state index is 0.279. The SMILES string of the molecule is CCOc1cc(/C=C(\C#N)c2ccc(Br)cc2)ccc1OCc1ccc(F)cc1. The van der Waals surface area contributed by atoms with Crippen LogP contribution in [0.3, 0.4) is 0 Å². The number of nitriles is 1. The molecule has 3 aromatic carbocycles. The Balaban J connectivity index is 1.83. The number of benzene rings is 3. The number of rotatable bonds is 7. The van der Waals surface area contributed by atoms with E-state index in [0.717, 1.165) is 21.2 Å². The van der Waals surface area contributed by atoms with Crippen LogP contribution in [0.25, 0.3) is 11.6 Å². The van der Waals surface area contributed by atoms with E-state index in [2.05, 4.69) is 22.0 Å². The van der Waals surface area contributed by atoms with Gasteiger partial charge in [0.25, 0.3) is 0 Å². The average molecular weight is 452 g/mol. The highest BCUT2D eigenvalue weighted by molar-refractivity contribution is 9.10. The molecule has 0 fully saturated rings. The highest BCUT2D eigenvalue weighted by atomic mass is 79.9. The first-order chi connectivity index (χ1) is 14.1. The van der Waals surface area contributed by atoms with Crippen molar-refractivity contribution in [3.05, 3.63) is 93.7 Å². The second-order valence-electron chi connectivity index (χ2n) is 6.23. The van der Waals surface area contributed by atoms with Crippen LogP contribution in [0.5, 0.6) is 11.5 Å². The van der Waals surface area contributed by atoms with Gasteiger partial charge in [-0.25, -0.2) is 4.39 Å². The third kappa shape index (κ3) is 5.69. The normalized spacial score (nSPS) is 11.0. The Morgan fingerprint density at radius 3 is 2.38 bits per heavy atom. The van der Waals surface area contributed by atoms with Crippen molar-refractivity contribution in [2.24, 2.45) is 0 Å². The summed E-state index contributed by atoms with van der Waals surface area (Å²) in [6.45, 7) is 2.69. The summed E-state index contributed by atoms with van der Waals surface area (Å²) < 4.78 is 25.6. The fourth-order valence-corrected chi connectivity index (χ4v) is 2.98. The minimum Gasteiger partial charge on any atom is -0.490 e. The fraction of sp³-hybridized carbons (Fsp3) is 0.125. The molecule has 0 bridgehead atoms. The molecule has 0 aromatic heterocycles. The van der Waals surface area contributed by atoms with Gasteiger partial charge in [0, 0.05) is 4.47 Å². The first-order valence-corrected chi connectivity index (χ1v) is 9.90. The van der Waals surface area contributed by atoms with E-state index in [-0.39, 0.29) is 5.82 Å². The molecular formula is C24H19BrFNO2. The maximum Gasteiger partial charge on any atom is 0.161 e. The van der Waals surface area contributed by atoms with Crippen molar-refractivity contribution in [3.63, 3.8) is 0 Å². The molecule has 146 valence electrons. The molecule has 3 nitrogen and oxygen atoms in total. The zero-order chi connectivity index (χ0) is 20.6. The number of nitrogens with zero attached hydrogens (tertiary/aromatic N) is 1. The third-order valence-electron chi connectivity index (χ3n) is 4.16. The van der Waals surface area contributed by atoms with E-state index in [1.54, 1.807) is 12.1 Å². The van der Waals surface area contributed by atoms with Gasteiger partial charge in [0.15, 0.2) is 11.5 Å². The molecule has 0 saturated heterocycles. The first kappa shape index (κ1) is 20.6. The molecule has 0 amide bonds. The number of hydrogen-bond acceptors (Lipinski definition) is 3. The molecule has 0 atom stereocenters. The molecule has 0 aliphatic carbocycles. The topological polar surface area (TPSA) is 42.2 Å². The van der Waals surface area contributed by atoms with Crippen LogP contribution in [0.4, 0.5) is 4.39 Å². The predicted octanol–water partition coefficient (Wildman–Crippen LogP) is 6.63. The largest absolute Gasteiger partial charge is 0.490 e. The van der Waals surface area contributed by atoms with Crippen LogP contribution in [0.2, 0.25) is 0 Å². The summed E-state index contributed by atoms with van der Waals surface area (Å²) in [6, 6.07) is 21.5. The molecule has 29 heavy (non-hydrogen) atoms. The van der Waals surface area contributed by atoms with Gasteiger partial charge in [0.2, 0.25) is 0 Å². The molecule has 3 aromatic rings. The monoisotopic (exact) mass is 451 g/mol. The second-order valence-corrected chi connectivity index (χ2v) is 7.15. The van der Waals surface area contributed by atoms with E-state index in [9.17, 15) is 9.65 Å². The summed E-state index contributed by atoms with van der Waals surface area (Å²) in [7, 11) is 0. The van der Waals surface area contributed by atoms with E-state index in [1.165, 1.54) is 12.1 Å². The van der Waals surface area contributed by atoms with Crippen molar-refractivity contribution in [3.8, 4) is 17.6 Å². The van der Waals surface area contributed by atoms with Crippen molar-refractivity contribution in [2.45, 2.75) is 13.5 Å². The molecule has 0 radical (unpaired) electrons. The van der Waals surface area contributed by atoms with Crippen molar-refractivity contribution < 1.29 is 13.9 Å². The third-order valence-corrected chi connectivity index (χ3v) is 4.69. The van der Waals surface area contributed by atoms with Crippen LogP contribution >= 0.6 is 15.9 Å². The van der Waals surface area contributed by atoms with Crippen molar-refractivity contribution in [1.82, 2.24) is 0 Å². The summed E-state index contributed by atoms with van der Waals surface area (Å²) in [5.74, 6) is 0.908. The van der Waals surface area contributed by atoms with Crippen LogP contribution < -0.4 is 9.47 Å². The minimum atomic E-state index is -0.279. The summed E-state index contributed by atoms with van der Waals surface area (Å²) in [6.07, 6.45) is 1.81. The lowest BCUT2D eigenvalue weighted by Gasteiger charge is -2.13. The molecule has 0 spiro atoms. The zero-order valence-electron chi connectivity index (χ0n) is 15.9. The van der Waals surface area contributed by atoms with Crippen LogP contribution in [0.1, 0.15) is 23.6 Å². The van der Waals surface area contributed by atoms with Gasteiger partial charge in [-0.3, -0.25) is 0 Å². The standard InChI is InChI=1S/C24H19BrFNO2/c1-2-28-24-14-18(13-20(15-27)19-6-8-21(25)9-7-19)5-12-23(24)29-16-17-3-10-22(26)11-4-17/h3-14H,2,16H2,1H3/b20-13+. The Morgan fingerprint density at radius 2 is 1.72 bits per heavy atom.